The highest BCUT2D eigenvalue weighted by Gasteiger charge is 2.29. The summed E-state index contributed by atoms with van der Waals surface area (Å²) in [6, 6.07) is 2.43. The van der Waals surface area contributed by atoms with Crippen molar-refractivity contribution in [2.45, 2.75) is 32.4 Å². The van der Waals surface area contributed by atoms with Gasteiger partial charge in [-0.25, -0.2) is 0 Å². The van der Waals surface area contributed by atoms with Crippen molar-refractivity contribution in [1.29, 1.82) is 0 Å². The molecule has 0 aliphatic heterocycles. The molecule has 12 heavy (non-hydrogen) atoms. The molecule has 0 bridgehead atoms. The Balaban J connectivity index is 2.10. The van der Waals surface area contributed by atoms with E-state index in [1.165, 1.54) is 18.4 Å². The average Bonchev–Trinajstić information content (AvgIpc) is 2.82. The molecule has 0 amide bonds. The molecule has 1 aliphatic rings. The van der Waals surface area contributed by atoms with Gasteiger partial charge in [-0.3, -0.25) is 0 Å². The zero-order valence-electron chi connectivity index (χ0n) is 7.53. The van der Waals surface area contributed by atoms with E-state index in [2.05, 4.69) is 30.0 Å². The molecule has 0 saturated heterocycles. The summed E-state index contributed by atoms with van der Waals surface area (Å²) in [4.78, 5) is 0. The average molecular weight is 164 g/mol. The predicted molar refractivity (Wildman–Crippen MR) is 49.8 cm³/mol. The maximum atomic E-state index is 6.05. The second-order valence-corrected chi connectivity index (χ2v) is 3.64. The second-order valence-electron chi connectivity index (χ2n) is 3.64. The van der Waals surface area contributed by atoms with Gasteiger partial charge in [0.05, 0.1) is 0 Å². The van der Waals surface area contributed by atoms with Gasteiger partial charge < -0.3 is 10.3 Å². The first-order chi connectivity index (χ1) is 5.81. The molecule has 1 unspecified atom stereocenters. The van der Waals surface area contributed by atoms with E-state index >= 15 is 0 Å². The van der Waals surface area contributed by atoms with Crippen molar-refractivity contribution < 1.29 is 0 Å². The largest absolute Gasteiger partial charge is 0.354 e. The minimum absolute atomic E-state index is 0.290. The fourth-order valence-corrected chi connectivity index (χ4v) is 1.58. The van der Waals surface area contributed by atoms with Crippen LogP contribution in [0.1, 0.15) is 31.4 Å². The molecule has 0 radical (unpaired) electrons. The van der Waals surface area contributed by atoms with Gasteiger partial charge in [-0.2, -0.15) is 0 Å². The fraction of sp³-hybridized carbons (Fsp3) is 0.600. The highest BCUT2D eigenvalue weighted by atomic mass is 14.9. The maximum absolute atomic E-state index is 6.05. The molecule has 1 aromatic heterocycles. The summed E-state index contributed by atoms with van der Waals surface area (Å²) in [5.74, 6) is 0.762. The first-order valence-electron chi connectivity index (χ1n) is 4.72. The topological polar surface area (TPSA) is 30.9 Å². The van der Waals surface area contributed by atoms with E-state index in [0.29, 0.717) is 0 Å². The minimum atomic E-state index is 0.290. The van der Waals surface area contributed by atoms with Crippen molar-refractivity contribution in [1.82, 2.24) is 4.57 Å². The van der Waals surface area contributed by atoms with Gasteiger partial charge in [0.15, 0.2) is 0 Å². The van der Waals surface area contributed by atoms with Gasteiger partial charge in [-0.1, -0.05) is 0 Å². The van der Waals surface area contributed by atoms with Gasteiger partial charge in [0.25, 0.3) is 0 Å². The second kappa shape index (κ2) is 2.94. The molecule has 1 heterocycles. The molecule has 1 saturated carbocycles. The van der Waals surface area contributed by atoms with Gasteiger partial charge in [-0.05, 0) is 37.3 Å². The molecular formula is C10H16N2. The molecule has 66 valence electrons. The lowest BCUT2D eigenvalue weighted by molar-refractivity contribution is 0.630. The highest BCUT2D eigenvalue weighted by molar-refractivity contribution is 5.17. The van der Waals surface area contributed by atoms with Crippen LogP contribution in [0.4, 0.5) is 0 Å². The first-order valence-corrected chi connectivity index (χ1v) is 4.72. The van der Waals surface area contributed by atoms with E-state index in [0.717, 1.165) is 12.5 Å². The molecule has 2 rings (SSSR count). The van der Waals surface area contributed by atoms with Gasteiger partial charge in [0.1, 0.15) is 0 Å². The van der Waals surface area contributed by atoms with E-state index in [1.54, 1.807) is 0 Å². The molecule has 1 atom stereocenters. The van der Waals surface area contributed by atoms with Crippen LogP contribution >= 0.6 is 0 Å². The maximum Gasteiger partial charge on any atom is 0.0338 e. The SMILES string of the molecule is CCn1ccc(C(N)C2CC2)c1. The van der Waals surface area contributed by atoms with Crippen molar-refractivity contribution >= 4 is 0 Å². The monoisotopic (exact) mass is 164 g/mol. The van der Waals surface area contributed by atoms with E-state index in [9.17, 15) is 0 Å². The third kappa shape index (κ3) is 1.39. The van der Waals surface area contributed by atoms with E-state index in [4.69, 9.17) is 5.73 Å². The summed E-state index contributed by atoms with van der Waals surface area (Å²) >= 11 is 0. The van der Waals surface area contributed by atoms with Crippen molar-refractivity contribution in [2.75, 3.05) is 0 Å². The molecule has 1 fully saturated rings. The summed E-state index contributed by atoms with van der Waals surface area (Å²) < 4.78 is 2.18. The lowest BCUT2D eigenvalue weighted by Crippen LogP contribution is -2.11. The molecular weight excluding hydrogens is 148 g/mol. The number of hydrogen-bond donors (Lipinski definition) is 1. The Kier molecular flexibility index (Phi) is 1.93. The third-order valence-electron chi connectivity index (χ3n) is 2.65. The van der Waals surface area contributed by atoms with Crippen LogP contribution in [0.3, 0.4) is 0 Å². The number of nitrogens with zero attached hydrogens (tertiary/aromatic N) is 1. The number of nitrogens with two attached hydrogens (primary N) is 1. The number of aryl methyl sites for hydroxylation is 1. The summed E-state index contributed by atoms with van der Waals surface area (Å²) in [6.07, 6.45) is 6.91. The Labute approximate surface area is 73.4 Å². The Morgan fingerprint density at radius 3 is 2.92 bits per heavy atom. The summed E-state index contributed by atoms with van der Waals surface area (Å²) in [5.41, 5.74) is 7.36. The van der Waals surface area contributed by atoms with Crippen LogP contribution in [0, 0.1) is 5.92 Å². The van der Waals surface area contributed by atoms with Crippen molar-refractivity contribution in [3.05, 3.63) is 24.0 Å². The molecule has 1 aliphatic carbocycles. The van der Waals surface area contributed by atoms with Crippen LogP contribution in [-0.2, 0) is 6.54 Å². The number of hydrogen-bond acceptors (Lipinski definition) is 1. The predicted octanol–water partition coefficient (Wildman–Crippen LogP) is 1.92. The van der Waals surface area contributed by atoms with Crippen LogP contribution < -0.4 is 5.73 Å². The van der Waals surface area contributed by atoms with E-state index < -0.39 is 0 Å². The van der Waals surface area contributed by atoms with Crippen LogP contribution in [0.5, 0.6) is 0 Å². The zero-order chi connectivity index (χ0) is 8.55. The summed E-state index contributed by atoms with van der Waals surface area (Å²) in [7, 11) is 0. The molecule has 2 heteroatoms. The quantitative estimate of drug-likeness (QED) is 0.727. The van der Waals surface area contributed by atoms with Crippen molar-refractivity contribution in [2.24, 2.45) is 11.7 Å². The van der Waals surface area contributed by atoms with Gasteiger partial charge in [-0.15, -0.1) is 0 Å². The molecule has 2 N–H and O–H groups in total. The summed E-state index contributed by atoms with van der Waals surface area (Å²) in [5, 5.41) is 0. The molecule has 0 spiro atoms. The smallest absolute Gasteiger partial charge is 0.0338 e. The Hall–Kier alpha value is -0.760. The van der Waals surface area contributed by atoms with Crippen LogP contribution in [0.15, 0.2) is 18.5 Å². The van der Waals surface area contributed by atoms with Gasteiger partial charge in [0, 0.05) is 25.0 Å². The van der Waals surface area contributed by atoms with E-state index in [-0.39, 0.29) is 6.04 Å². The highest BCUT2D eigenvalue weighted by Crippen LogP contribution is 2.39. The van der Waals surface area contributed by atoms with Crippen molar-refractivity contribution in [3.8, 4) is 0 Å². The third-order valence-corrected chi connectivity index (χ3v) is 2.65. The normalized spacial score (nSPS) is 19.5. The van der Waals surface area contributed by atoms with Crippen LogP contribution in [-0.4, -0.2) is 4.57 Å². The Morgan fingerprint density at radius 1 is 1.67 bits per heavy atom. The van der Waals surface area contributed by atoms with Gasteiger partial charge in [0.2, 0.25) is 0 Å². The van der Waals surface area contributed by atoms with Crippen LogP contribution in [0.25, 0.3) is 0 Å². The Bertz CT molecular complexity index is 261. The standard InChI is InChI=1S/C10H16N2/c1-2-12-6-5-9(7-12)10(11)8-3-4-8/h5-8,10H,2-4,11H2,1H3. The van der Waals surface area contributed by atoms with Gasteiger partial charge >= 0.3 is 0 Å². The number of rotatable bonds is 3. The molecule has 0 aromatic carbocycles. The zero-order valence-corrected chi connectivity index (χ0v) is 7.53. The minimum Gasteiger partial charge on any atom is -0.354 e. The van der Waals surface area contributed by atoms with Crippen molar-refractivity contribution in [3.63, 3.8) is 0 Å². The fourth-order valence-electron chi connectivity index (χ4n) is 1.58. The molecule has 1 aromatic rings. The molecule has 2 nitrogen and oxygen atoms in total. The van der Waals surface area contributed by atoms with E-state index in [1.807, 2.05) is 0 Å². The van der Waals surface area contributed by atoms with Crippen LogP contribution in [0.2, 0.25) is 0 Å². The first kappa shape index (κ1) is 7.87. The lowest BCUT2D eigenvalue weighted by Gasteiger charge is -2.06. The Morgan fingerprint density at radius 2 is 2.42 bits per heavy atom. The number of aromatic nitrogens is 1. The summed E-state index contributed by atoms with van der Waals surface area (Å²) in [6.45, 7) is 3.18. The lowest BCUT2D eigenvalue weighted by atomic mass is 10.1.